The lowest BCUT2D eigenvalue weighted by Crippen LogP contribution is -2.58. The van der Waals surface area contributed by atoms with Crippen molar-refractivity contribution in [3.63, 3.8) is 0 Å². The third-order valence-corrected chi connectivity index (χ3v) is 8.19. The van der Waals surface area contributed by atoms with Gasteiger partial charge >= 0.3 is 5.97 Å². The number of hydrogen-bond acceptors (Lipinski definition) is 6. The van der Waals surface area contributed by atoms with Crippen LogP contribution in [-0.4, -0.2) is 80.1 Å². The summed E-state index contributed by atoms with van der Waals surface area (Å²) in [5.41, 5.74) is 9.25. The smallest absolute Gasteiger partial charge is 0.326 e. The minimum absolute atomic E-state index is 0.0838. The maximum Gasteiger partial charge on any atom is 0.326 e. The molecule has 7 N–H and O–H groups in total. The number of benzene rings is 2. The number of nitrogens with zero attached hydrogens (tertiary/aromatic N) is 1. The molecule has 4 aromatic rings. The highest BCUT2D eigenvalue weighted by Crippen LogP contribution is 2.24. The molecular formula is C30H34N6O5S. The quantitative estimate of drug-likeness (QED) is 0.131. The molecule has 2 aromatic carbocycles. The Balaban J connectivity index is 1.45. The molecule has 0 aliphatic carbocycles. The van der Waals surface area contributed by atoms with E-state index in [1.54, 1.807) is 12.4 Å². The van der Waals surface area contributed by atoms with Gasteiger partial charge in [0.25, 0.3) is 0 Å². The largest absolute Gasteiger partial charge is 0.480 e. The van der Waals surface area contributed by atoms with Crippen molar-refractivity contribution in [3.8, 4) is 0 Å². The molecule has 4 unspecified atom stereocenters. The third-order valence-electron chi connectivity index (χ3n) is 7.80. The number of carboxylic acid groups (broad SMARTS) is 1. The second-order valence-electron chi connectivity index (χ2n) is 10.6. The van der Waals surface area contributed by atoms with Crippen LogP contribution in [0.5, 0.6) is 0 Å². The first-order chi connectivity index (χ1) is 20.3. The molecule has 42 heavy (non-hydrogen) atoms. The Morgan fingerprint density at radius 1 is 0.905 bits per heavy atom. The summed E-state index contributed by atoms with van der Waals surface area (Å²) in [5, 5.41) is 17.1. The summed E-state index contributed by atoms with van der Waals surface area (Å²) in [7, 11) is 0. The highest BCUT2D eigenvalue weighted by Gasteiger charge is 2.39. The zero-order chi connectivity index (χ0) is 29.8. The summed E-state index contributed by atoms with van der Waals surface area (Å²) < 4.78 is 0. The van der Waals surface area contributed by atoms with Gasteiger partial charge in [-0.25, -0.2) is 4.79 Å². The zero-order valence-corrected chi connectivity index (χ0v) is 23.8. The molecule has 1 saturated heterocycles. The molecule has 4 atom stereocenters. The highest BCUT2D eigenvalue weighted by molar-refractivity contribution is 7.80. The summed E-state index contributed by atoms with van der Waals surface area (Å²) in [6, 6.07) is 11.2. The Morgan fingerprint density at radius 2 is 1.45 bits per heavy atom. The van der Waals surface area contributed by atoms with Crippen molar-refractivity contribution in [1.82, 2.24) is 25.5 Å². The van der Waals surface area contributed by atoms with Gasteiger partial charge in [-0.05, 0) is 36.1 Å². The van der Waals surface area contributed by atoms with Crippen LogP contribution in [-0.2, 0) is 32.0 Å². The van der Waals surface area contributed by atoms with Crippen molar-refractivity contribution in [3.05, 3.63) is 72.1 Å². The van der Waals surface area contributed by atoms with Gasteiger partial charge in [0, 0.05) is 59.3 Å². The summed E-state index contributed by atoms with van der Waals surface area (Å²) in [6.45, 7) is 0.280. The van der Waals surface area contributed by atoms with Crippen molar-refractivity contribution in [2.24, 2.45) is 5.73 Å². The Bertz CT molecular complexity index is 1620. The zero-order valence-electron chi connectivity index (χ0n) is 22.9. The van der Waals surface area contributed by atoms with Gasteiger partial charge in [-0.15, -0.1) is 0 Å². The predicted octanol–water partition coefficient (Wildman–Crippen LogP) is 1.74. The van der Waals surface area contributed by atoms with Crippen LogP contribution >= 0.6 is 12.6 Å². The molecule has 0 bridgehead atoms. The van der Waals surface area contributed by atoms with Crippen LogP contribution in [0.25, 0.3) is 21.8 Å². The fourth-order valence-corrected chi connectivity index (χ4v) is 5.74. The molecule has 0 spiro atoms. The van der Waals surface area contributed by atoms with Crippen molar-refractivity contribution in [2.75, 3.05) is 12.3 Å². The van der Waals surface area contributed by atoms with Crippen LogP contribution in [0.15, 0.2) is 60.9 Å². The first-order valence-corrected chi connectivity index (χ1v) is 14.5. The number of carbonyl (C=O) groups excluding carboxylic acids is 3. The molecule has 220 valence electrons. The minimum atomic E-state index is -1.08. The number of carbonyl (C=O) groups is 4. The highest BCUT2D eigenvalue weighted by atomic mass is 32.1. The normalized spacial score (nSPS) is 17.2. The molecule has 3 amide bonds. The molecular weight excluding hydrogens is 556 g/mol. The Morgan fingerprint density at radius 3 is 2.02 bits per heavy atom. The first-order valence-electron chi connectivity index (χ1n) is 13.9. The topological polar surface area (TPSA) is 173 Å². The van der Waals surface area contributed by atoms with Crippen molar-refractivity contribution < 1.29 is 24.3 Å². The molecule has 11 nitrogen and oxygen atoms in total. The van der Waals surface area contributed by atoms with E-state index >= 15 is 0 Å². The number of carboxylic acids is 1. The molecule has 2 aromatic heterocycles. The van der Waals surface area contributed by atoms with E-state index in [2.05, 4.69) is 33.2 Å². The van der Waals surface area contributed by atoms with Gasteiger partial charge in [0.15, 0.2) is 0 Å². The standard InChI is InChI=1S/C30H34N6O5S/c31-21(16-42)27(37)34-24(12-17-14-32-22-8-3-1-6-19(17)22)28(38)35-25(29(39)36-11-5-10-26(36)30(40)41)13-18-15-33-23-9-4-2-7-20(18)23/h1-4,6-9,14-15,21,24-26,32-33,42H,5,10-13,16,31H2,(H,34,37)(H,35,38)(H,40,41). The number of nitrogens with two attached hydrogens (primary N) is 1. The number of aromatic nitrogens is 2. The van der Waals surface area contributed by atoms with Crippen molar-refractivity contribution in [2.45, 2.75) is 49.9 Å². The molecule has 1 aliphatic heterocycles. The summed E-state index contributed by atoms with van der Waals surface area (Å²) in [6.07, 6.45) is 4.73. The Hall–Kier alpha value is -4.29. The van der Waals surface area contributed by atoms with Gasteiger partial charge in [-0.3, -0.25) is 14.4 Å². The number of likely N-dealkylation sites (tertiary alicyclic amines) is 1. The lowest BCUT2D eigenvalue weighted by molar-refractivity contribution is -0.149. The van der Waals surface area contributed by atoms with E-state index in [0.717, 1.165) is 32.9 Å². The molecule has 5 rings (SSSR count). The molecule has 0 radical (unpaired) electrons. The minimum Gasteiger partial charge on any atom is -0.480 e. The number of nitrogens with one attached hydrogen (secondary N) is 4. The number of aliphatic carboxylic acids is 1. The van der Waals surface area contributed by atoms with E-state index in [4.69, 9.17) is 5.73 Å². The van der Waals surface area contributed by atoms with E-state index in [9.17, 15) is 24.3 Å². The SMILES string of the molecule is NC(CS)C(=O)NC(Cc1c[nH]c2ccccc12)C(=O)NC(Cc1c[nH]c2ccccc12)C(=O)N1CCCC1C(=O)O. The summed E-state index contributed by atoms with van der Waals surface area (Å²) in [5.74, 6) is -2.61. The fourth-order valence-electron chi connectivity index (χ4n) is 5.57. The molecule has 12 heteroatoms. The van der Waals surface area contributed by atoms with Gasteiger partial charge in [0.1, 0.15) is 18.1 Å². The molecule has 0 saturated carbocycles. The number of aromatic amines is 2. The van der Waals surface area contributed by atoms with E-state index in [0.29, 0.717) is 12.8 Å². The van der Waals surface area contributed by atoms with Gasteiger partial charge in [0.2, 0.25) is 17.7 Å². The van der Waals surface area contributed by atoms with Gasteiger partial charge in [-0.1, -0.05) is 36.4 Å². The van der Waals surface area contributed by atoms with E-state index in [-0.39, 0.29) is 25.1 Å². The van der Waals surface area contributed by atoms with E-state index in [1.807, 2.05) is 48.5 Å². The summed E-state index contributed by atoms with van der Waals surface area (Å²) >= 11 is 4.11. The predicted molar refractivity (Wildman–Crippen MR) is 162 cm³/mol. The first kappa shape index (κ1) is 29.2. The van der Waals surface area contributed by atoms with Gasteiger partial charge in [-0.2, -0.15) is 12.6 Å². The van der Waals surface area contributed by atoms with Gasteiger partial charge in [0.05, 0.1) is 6.04 Å². The maximum atomic E-state index is 13.9. The van der Waals surface area contributed by atoms with E-state index < -0.39 is 47.9 Å². The lowest BCUT2D eigenvalue weighted by atomic mass is 10.0. The van der Waals surface area contributed by atoms with Crippen LogP contribution in [0.1, 0.15) is 24.0 Å². The summed E-state index contributed by atoms with van der Waals surface area (Å²) in [4.78, 5) is 60.2. The fraction of sp³-hybridized carbons (Fsp3) is 0.333. The van der Waals surface area contributed by atoms with Crippen LogP contribution in [0.3, 0.4) is 0 Å². The average Bonchev–Trinajstić information content (AvgIpc) is 3.75. The third kappa shape index (κ3) is 6.14. The second-order valence-corrected chi connectivity index (χ2v) is 10.9. The van der Waals surface area contributed by atoms with Crippen LogP contribution < -0.4 is 16.4 Å². The molecule has 3 heterocycles. The maximum absolute atomic E-state index is 13.9. The van der Waals surface area contributed by atoms with Crippen molar-refractivity contribution >= 4 is 58.1 Å². The number of H-pyrrole nitrogens is 2. The van der Waals surface area contributed by atoms with Crippen LogP contribution in [0.2, 0.25) is 0 Å². The number of thiol groups is 1. The molecule has 1 fully saturated rings. The van der Waals surface area contributed by atoms with Gasteiger partial charge < -0.3 is 36.3 Å². The Labute approximate surface area is 247 Å². The number of hydrogen-bond donors (Lipinski definition) is 7. The average molecular weight is 591 g/mol. The van der Waals surface area contributed by atoms with Crippen LogP contribution in [0.4, 0.5) is 0 Å². The number of amides is 3. The second kappa shape index (κ2) is 12.7. The molecule has 1 aliphatic rings. The number of fused-ring (bicyclic) bond motifs is 2. The van der Waals surface area contributed by atoms with Crippen LogP contribution in [0, 0.1) is 0 Å². The van der Waals surface area contributed by atoms with E-state index in [1.165, 1.54) is 4.90 Å². The number of para-hydroxylation sites is 2. The number of rotatable bonds is 11. The lowest BCUT2D eigenvalue weighted by Gasteiger charge is -2.29. The van der Waals surface area contributed by atoms with Crippen molar-refractivity contribution in [1.29, 1.82) is 0 Å². The Kier molecular flexibility index (Phi) is 8.83. The monoisotopic (exact) mass is 590 g/mol.